The smallest absolute Gasteiger partial charge is 0.333 e. The van der Waals surface area contributed by atoms with Gasteiger partial charge in [0, 0.05) is 17.7 Å². The van der Waals surface area contributed by atoms with Crippen LogP contribution in [0.25, 0.3) is 10.9 Å². The van der Waals surface area contributed by atoms with Crippen LogP contribution in [0.1, 0.15) is 32.7 Å². The Bertz CT molecular complexity index is 713. The molecule has 0 bridgehead atoms. The number of amides is 2. The van der Waals surface area contributed by atoms with Gasteiger partial charge in [-0.15, -0.1) is 0 Å². The van der Waals surface area contributed by atoms with E-state index in [0.717, 1.165) is 25.9 Å². The first-order valence-corrected chi connectivity index (χ1v) is 8.03. The zero-order valence-electron chi connectivity index (χ0n) is 13.3. The number of ether oxygens (including phenoxy) is 1. The summed E-state index contributed by atoms with van der Waals surface area (Å²) < 4.78 is 31.8. The second kappa shape index (κ2) is 7.12. The molecule has 2 amide bonds. The largest absolute Gasteiger partial charge is 0.376 e. The quantitative estimate of drug-likeness (QED) is 0.876. The molecule has 24 heavy (non-hydrogen) atoms. The maximum absolute atomic E-state index is 12.8. The van der Waals surface area contributed by atoms with Gasteiger partial charge in [-0.25, -0.2) is 9.48 Å². The van der Waals surface area contributed by atoms with Crippen LogP contribution in [0.3, 0.4) is 0 Å². The number of carbonyl (C=O) groups is 1. The highest BCUT2D eigenvalue weighted by molar-refractivity contribution is 5.92. The van der Waals surface area contributed by atoms with Gasteiger partial charge in [-0.3, -0.25) is 0 Å². The van der Waals surface area contributed by atoms with Gasteiger partial charge in [0.25, 0.3) is 0 Å². The molecular formula is C16H20F2N4O2. The summed E-state index contributed by atoms with van der Waals surface area (Å²) in [5.41, 5.74) is 0.845. The average molecular weight is 338 g/mol. The average Bonchev–Trinajstić information content (AvgIpc) is 3.21. The van der Waals surface area contributed by atoms with Crippen molar-refractivity contribution in [3.8, 4) is 0 Å². The number of carbonyl (C=O) groups excluding carboxylic acids is 1. The number of rotatable bonds is 5. The summed E-state index contributed by atoms with van der Waals surface area (Å²) in [6.07, 6.45) is 4.13. The van der Waals surface area contributed by atoms with Crippen LogP contribution in [0.2, 0.25) is 0 Å². The Balaban J connectivity index is 1.66. The molecule has 0 saturated carbocycles. The lowest BCUT2D eigenvalue weighted by atomic mass is 10.1. The van der Waals surface area contributed by atoms with E-state index >= 15 is 0 Å². The molecule has 0 aliphatic carbocycles. The van der Waals surface area contributed by atoms with Gasteiger partial charge in [-0.2, -0.15) is 13.9 Å². The number of nitrogens with one attached hydrogen (secondary N) is 2. The van der Waals surface area contributed by atoms with E-state index in [-0.39, 0.29) is 18.2 Å². The molecule has 3 rings (SSSR count). The molecule has 0 radical (unpaired) electrons. The third-order valence-electron chi connectivity index (χ3n) is 4.21. The van der Waals surface area contributed by atoms with Gasteiger partial charge < -0.3 is 15.4 Å². The fraction of sp³-hybridized carbons (Fsp3) is 0.500. The fourth-order valence-corrected chi connectivity index (χ4v) is 3.00. The molecule has 1 aromatic carbocycles. The molecule has 2 atom stereocenters. The highest BCUT2D eigenvalue weighted by atomic mass is 19.3. The van der Waals surface area contributed by atoms with Gasteiger partial charge in [-0.1, -0.05) is 6.92 Å². The lowest BCUT2D eigenvalue weighted by molar-refractivity contribution is 0.0615. The molecule has 1 saturated heterocycles. The zero-order chi connectivity index (χ0) is 17.1. The topological polar surface area (TPSA) is 68.2 Å². The Hall–Kier alpha value is -2.22. The summed E-state index contributed by atoms with van der Waals surface area (Å²) >= 11 is 0. The van der Waals surface area contributed by atoms with E-state index in [1.54, 1.807) is 12.1 Å². The van der Waals surface area contributed by atoms with E-state index in [1.807, 2.05) is 6.92 Å². The molecule has 1 aromatic heterocycles. The molecular weight excluding hydrogens is 318 g/mol. The summed E-state index contributed by atoms with van der Waals surface area (Å²) in [6, 6.07) is 4.33. The van der Waals surface area contributed by atoms with E-state index in [2.05, 4.69) is 15.7 Å². The van der Waals surface area contributed by atoms with Gasteiger partial charge in [0.15, 0.2) is 0 Å². The normalized spacial score (nSPS) is 18.9. The Morgan fingerprint density at radius 3 is 3.00 bits per heavy atom. The van der Waals surface area contributed by atoms with Crippen molar-refractivity contribution < 1.29 is 18.3 Å². The highest BCUT2D eigenvalue weighted by Gasteiger charge is 2.25. The molecule has 0 unspecified atom stereocenters. The van der Waals surface area contributed by atoms with Crippen molar-refractivity contribution in [1.29, 1.82) is 0 Å². The third kappa shape index (κ3) is 3.48. The molecule has 1 aliphatic rings. The van der Waals surface area contributed by atoms with Gasteiger partial charge >= 0.3 is 12.6 Å². The molecule has 130 valence electrons. The number of hydrogen-bond acceptors (Lipinski definition) is 3. The lowest BCUT2D eigenvalue weighted by Gasteiger charge is -2.23. The Labute approximate surface area is 138 Å². The summed E-state index contributed by atoms with van der Waals surface area (Å²) in [5.74, 6) is 0. The Morgan fingerprint density at radius 2 is 2.33 bits per heavy atom. The molecule has 2 N–H and O–H groups in total. The minimum Gasteiger partial charge on any atom is -0.376 e. The predicted octanol–water partition coefficient (Wildman–Crippen LogP) is 3.51. The number of aromatic nitrogens is 2. The zero-order valence-corrected chi connectivity index (χ0v) is 13.3. The highest BCUT2D eigenvalue weighted by Crippen LogP contribution is 2.23. The summed E-state index contributed by atoms with van der Waals surface area (Å²) in [5, 5.41) is 9.84. The van der Waals surface area contributed by atoms with E-state index in [4.69, 9.17) is 4.74 Å². The van der Waals surface area contributed by atoms with Crippen molar-refractivity contribution in [3.05, 3.63) is 24.4 Å². The molecule has 0 spiro atoms. The van der Waals surface area contributed by atoms with Crippen LogP contribution in [0.15, 0.2) is 24.4 Å². The standard InChI is InChI=1S/C16H20F2N4O2/c1-2-12(14-4-3-7-24-14)21-16(23)20-11-5-6-13-10(8-11)9-19-22(13)15(17)18/h5-6,8-9,12,14-15H,2-4,7H2,1H3,(H2,20,21,23)/t12-,14-/m1/s1. The van der Waals surface area contributed by atoms with E-state index in [9.17, 15) is 13.6 Å². The summed E-state index contributed by atoms with van der Waals surface area (Å²) in [7, 11) is 0. The van der Waals surface area contributed by atoms with Gasteiger partial charge in [0.1, 0.15) is 0 Å². The SMILES string of the molecule is CC[C@@H](NC(=O)Nc1ccc2c(cnn2C(F)F)c1)[C@H]1CCCO1. The molecule has 6 nitrogen and oxygen atoms in total. The first kappa shape index (κ1) is 16.6. The maximum atomic E-state index is 12.8. The van der Waals surface area contributed by atoms with Crippen molar-refractivity contribution in [3.63, 3.8) is 0 Å². The Morgan fingerprint density at radius 1 is 1.50 bits per heavy atom. The number of benzene rings is 1. The van der Waals surface area contributed by atoms with Crippen LogP contribution < -0.4 is 10.6 Å². The Kier molecular flexibility index (Phi) is 4.94. The molecule has 2 aromatic rings. The van der Waals surface area contributed by atoms with Crippen molar-refractivity contribution >= 4 is 22.6 Å². The van der Waals surface area contributed by atoms with Gasteiger partial charge in [0.05, 0.1) is 23.9 Å². The fourth-order valence-electron chi connectivity index (χ4n) is 3.00. The number of alkyl halides is 2. The van der Waals surface area contributed by atoms with Crippen LogP contribution in [0.5, 0.6) is 0 Å². The lowest BCUT2D eigenvalue weighted by Crippen LogP contribution is -2.44. The predicted molar refractivity (Wildman–Crippen MR) is 86.2 cm³/mol. The van der Waals surface area contributed by atoms with Crippen molar-refractivity contribution in [2.24, 2.45) is 0 Å². The van der Waals surface area contributed by atoms with Crippen LogP contribution in [-0.4, -0.2) is 34.6 Å². The minimum absolute atomic E-state index is 0.0437. The molecule has 8 heteroatoms. The van der Waals surface area contributed by atoms with Crippen LogP contribution in [-0.2, 0) is 4.74 Å². The van der Waals surface area contributed by atoms with Crippen molar-refractivity contribution in [2.75, 3.05) is 11.9 Å². The number of halogens is 2. The monoisotopic (exact) mass is 338 g/mol. The number of nitrogens with zero attached hydrogens (tertiary/aromatic N) is 2. The molecule has 1 fully saturated rings. The van der Waals surface area contributed by atoms with Crippen molar-refractivity contribution in [1.82, 2.24) is 15.1 Å². The van der Waals surface area contributed by atoms with Crippen molar-refractivity contribution in [2.45, 2.75) is 44.9 Å². The first-order chi connectivity index (χ1) is 11.6. The number of hydrogen-bond donors (Lipinski definition) is 2. The van der Waals surface area contributed by atoms with E-state index < -0.39 is 6.55 Å². The van der Waals surface area contributed by atoms with Gasteiger partial charge in [0.2, 0.25) is 0 Å². The van der Waals surface area contributed by atoms with E-state index in [0.29, 0.717) is 21.3 Å². The molecule has 2 heterocycles. The van der Waals surface area contributed by atoms with E-state index in [1.165, 1.54) is 12.3 Å². The second-order valence-corrected chi connectivity index (χ2v) is 5.81. The maximum Gasteiger partial charge on any atom is 0.333 e. The second-order valence-electron chi connectivity index (χ2n) is 5.81. The van der Waals surface area contributed by atoms with Crippen LogP contribution in [0.4, 0.5) is 19.3 Å². The number of urea groups is 1. The van der Waals surface area contributed by atoms with Crippen LogP contribution in [0, 0.1) is 0 Å². The van der Waals surface area contributed by atoms with Crippen LogP contribution >= 0.6 is 0 Å². The minimum atomic E-state index is -2.69. The van der Waals surface area contributed by atoms with Gasteiger partial charge in [-0.05, 0) is 37.5 Å². The first-order valence-electron chi connectivity index (χ1n) is 8.03. The number of anilines is 1. The number of fused-ring (bicyclic) bond motifs is 1. The third-order valence-corrected chi connectivity index (χ3v) is 4.21. The molecule has 1 aliphatic heterocycles. The summed E-state index contributed by atoms with van der Waals surface area (Å²) in [4.78, 5) is 12.2. The summed E-state index contributed by atoms with van der Waals surface area (Å²) in [6.45, 7) is 0.0356.